The van der Waals surface area contributed by atoms with Gasteiger partial charge in [-0.1, -0.05) is 18.2 Å². The van der Waals surface area contributed by atoms with Crippen LogP contribution in [0.3, 0.4) is 0 Å². The summed E-state index contributed by atoms with van der Waals surface area (Å²) in [7, 11) is 0. The molecule has 2 aromatic rings. The van der Waals surface area contributed by atoms with Crippen molar-refractivity contribution >= 4 is 17.7 Å². The monoisotopic (exact) mass is 409 g/mol. The van der Waals surface area contributed by atoms with Gasteiger partial charge < -0.3 is 9.80 Å². The summed E-state index contributed by atoms with van der Waals surface area (Å²) in [6.07, 6.45) is 0. The van der Waals surface area contributed by atoms with E-state index in [0.29, 0.717) is 6.54 Å². The van der Waals surface area contributed by atoms with Gasteiger partial charge in [0.25, 0.3) is 5.91 Å². The quantitative estimate of drug-likeness (QED) is 0.793. The van der Waals surface area contributed by atoms with Crippen molar-refractivity contribution in [1.29, 1.82) is 0 Å². The van der Waals surface area contributed by atoms with Crippen LogP contribution in [0.2, 0.25) is 0 Å². The van der Waals surface area contributed by atoms with Crippen LogP contribution in [0.1, 0.15) is 30.3 Å². The lowest BCUT2D eigenvalue weighted by Gasteiger charge is -2.28. The Morgan fingerprint density at radius 3 is 2.39 bits per heavy atom. The van der Waals surface area contributed by atoms with Gasteiger partial charge in [0, 0.05) is 12.3 Å². The van der Waals surface area contributed by atoms with Crippen LogP contribution >= 0.6 is 11.8 Å². The maximum atomic E-state index is 14.0. The minimum absolute atomic E-state index is 0.00452. The Labute approximate surface area is 167 Å². The third kappa shape index (κ3) is 4.70. The van der Waals surface area contributed by atoms with Gasteiger partial charge in [0.2, 0.25) is 0 Å². The zero-order chi connectivity index (χ0) is 20.3. The second-order valence-electron chi connectivity index (χ2n) is 7.23. The van der Waals surface area contributed by atoms with E-state index in [1.807, 2.05) is 13.8 Å². The van der Waals surface area contributed by atoms with Crippen molar-refractivity contribution in [3.8, 4) is 0 Å². The first kappa shape index (κ1) is 20.7. The molecule has 1 heterocycles. The van der Waals surface area contributed by atoms with Gasteiger partial charge in [-0.05, 0) is 43.7 Å². The molecule has 0 bridgehead atoms. The van der Waals surface area contributed by atoms with Crippen LogP contribution in [-0.4, -0.2) is 35.7 Å². The van der Waals surface area contributed by atoms with Crippen molar-refractivity contribution in [2.75, 3.05) is 18.8 Å². The molecule has 1 saturated heterocycles. The Hall–Kier alpha value is -1.99. The minimum atomic E-state index is -0.591. The highest BCUT2D eigenvalue weighted by atomic mass is 32.2. The molecule has 3 rings (SSSR count). The lowest BCUT2D eigenvalue weighted by Crippen LogP contribution is -3.14. The van der Waals surface area contributed by atoms with E-state index >= 15 is 0 Å². The Morgan fingerprint density at radius 2 is 1.79 bits per heavy atom. The fraction of sp³-hybridized carbons (Fsp3) is 0.381. The first-order chi connectivity index (χ1) is 13.4. The molecule has 0 spiro atoms. The largest absolute Gasteiger partial charge is 0.321 e. The molecule has 0 aromatic heterocycles. The average molecular weight is 409 g/mol. The minimum Gasteiger partial charge on any atom is -0.321 e. The molecule has 1 aliphatic rings. The third-order valence-corrected chi connectivity index (χ3v) is 6.29. The van der Waals surface area contributed by atoms with E-state index in [2.05, 4.69) is 0 Å². The summed E-state index contributed by atoms with van der Waals surface area (Å²) in [6.45, 7) is 4.70. The van der Waals surface area contributed by atoms with Gasteiger partial charge in [0.15, 0.2) is 6.54 Å². The maximum Gasteiger partial charge on any atom is 0.278 e. The third-order valence-electron chi connectivity index (χ3n) is 5.03. The zero-order valence-corrected chi connectivity index (χ0v) is 16.7. The van der Waals surface area contributed by atoms with E-state index in [4.69, 9.17) is 0 Å². The van der Waals surface area contributed by atoms with Crippen molar-refractivity contribution in [1.82, 2.24) is 4.90 Å². The molecule has 1 N–H and O–H groups in total. The number of hydrogen-bond acceptors (Lipinski definition) is 2. The number of hydrogen-bond donors (Lipinski definition) is 1. The molecule has 0 saturated carbocycles. The molecular weight excluding hydrogens is 385 g/mol. The SMILES string of the molecule is CC(C)[NH+](CC(=O)N1CCS[C@H]1c1ccc(F)cc1)Cc1c(F)cccc1F. The first-order valence-corrected chi connectivity index (χ1v) is 10.4. The van der Waals surface area contributed by atoms with Gasteiger partial charge in [-0.15, -0.1) is 11.8 Å². The predicted molar refractivity (Wildman–Crippen MR) is 104 cm³/mol. The van der Waals surface area contributed by atoms with E-state index in [-0.39, 0.29) is 41.8 Å². The number of nitrogens with zero attached hydrogens (tertiary/aromatic N) is 1. The van der Waals surface area contributed by atoms with Gasteiger partial charge in [0.1, 0.15) is 29.4 Å². The number of halogens is 3. The van der Waals surface area contributed by atoms with Crippen molar-refractivity contribution in [3.63, 3.8) is 0 Å². The van der Waals surface area contributed by atoms with Crippen molar-refractivity contribution < 1.29 is 22.9 Å². The number of thioether (sulfide) groups is 1. The Morgan fingerprint density at radius 1 is 1.14 bits per heavy atom. The summed E-state index contributed by atoms with van der Waals surface area (Å²) >= 11 is 1.64. The number of nitrogens with one attached hydrogen (secondary N) is 1. The summed E-state index contributed by atoms with van der Waals surface area (Å²) < 4.78 is 41.3. The summed E-state index contributed by atoms with van der Waals surface area (Å²) in [4.78, 5) is 15.6. The molecule has 0 radical (unpaired) electrons. The van der Waals surface area contributed by atoms with Crippen molar-refractivity contribution in [2.45, 2.75) is 31.8 Å². The first-order valence-electron chi connectivity index (χ1n) is 9.31. The summed E-state index contributed by atoms with van der Waals surface area (Å²) in [5.74, 6) is -0.767. The van der Waals surface area contributed by atoms with Crippen LogP contribution in [0.15, 0.2) is 42.5 Å². The normalized spacial score (nSPS) is 17.9. The summed E-state index contributed by atoms with van der Waals surface area (Å²) in [5.41, 5.74) is 0.883. The van der Waals surface area contributed by atoms with Gasteiger partial charge in [-0.25, -0.2) is 13.2 Å². The Bertz CT molecular complexity index is 809. The molecule has 1 amide bonds. The molecular formula is C21H24F3N2OS+. The van der Waals surface area contributed by atoms with E-state index in [0.717, 1.165) is 16.2 Å². The Balaban J connectivity index is 1.74. The van der Waals surface area contributed by atoms with Crippen molar-refractivity contribution in [2.24, 2.45) is 0 Å². The van der Waals surface area contributed by atoms with Gasteiger partial charge in [0.05, 0.1) is 11.6 Å². The fourth-order valence-corrected chi connectivity index (χ4v) is 4.60. The molecule has 28 heavy (non-hydrogen) atoms. The summed E-state index contributed by atoms with van der Waals surface area (Å²) in [5, 5.41) is -0.160. The molecule has 1 unspecified atom stereocenters. The lowest BCUT2D eigenvalue weighted by molar-refractivity contribution is -0.927. The highest BCUT2D eigenvalue weighted by molar-refractivity contribution is 7.99. The number of quaternary nitrogens is 1. The second-order valence-corrected chi connectivity index (χ2v) is 8.42. The van der Waals surface area contributed by atoms with Crippen LogP contribution in [-0.2, 0) is 11.3 Å². The highest BCUT2D eigenvalue weighted by Gasteiger charge is 2.33. The molecule has 1 aliphatic heterocycles. The Kier molecular flexibility index (Phi) is 6.67. The maximum absolute atomic E-state index is 14.0. The van der Waals surface area contributed by atoms with Crippen LogP contribution < -0.4 is 4.90 Å². The van der Waals surface area contributed by atoms with Gasteiger partial charge >= 0.3 is 0 Å². The molecule has 1 fully saturated rings. The van der Waals surface area contributed by atoms with E-state index < -0.39 is 11.6 Å². The average Bonchev–Trinajstić information content (AvgIpc) is 3.14. The fourth-order valence-electron chi connectivity index (χ4n) is 3.32. The molecule has 0 aliphatic carbocycles. The second kappa shape index (κ2) is 9.01. The lowest BCUT2D eigenvalue weighted by atomic mass is 10.1. The van der Waals surface area contributed by atoms with Crippen LogP contribution in [0.25, 0.3) is 0 Å². The molecule has 2 aromatic carbocycles. The van der Waals surface area contributed by atoms with Gasteiger partial charge in [-0.3, -0.25) is 4.79 Å². The topological polar surface area (TPSA) is 24.8 Å². The molecule has 3 nitrogen and oxygen atoms in total. The molecule has 7 heteroatoms. The van der Waals surface area contributed by atoms with E-state index in [9.17, 15) is 18.0 Å². The highest BCUT2D eigenvalue weighted by Crippen LogP contribution is 2.37. The smallest absolute Gasteiger partial charge is 0.278 e. The van der Waals surface area contributed by atoms with E-state index in [1.165, 1.54) is 30.3 Å². The zero-order valence-electron chi connectivity index (χ0n) is 15.9. The van der Waals surface area contributed by atoms with Crippen molar-refractivity contribution in [3.05, 3.63) is 71.0 Å². The van der Waals surface area contributed by atoms with Crippen LogP contribution in [0.4, 0.5) is 13.2 Å². The number of carbonyl (C=O) groups is 1. The standard InChI is InChI=1S/C21H23F3N2OS/c1-14(2)25(12-17-18(23)4-3-5-19(17)24)13-20(27)26-10-11-28-21(26)15-6-8-16(22)9-7-15/h3-9,14,21H,10-13H2,1-2H3/p+1/t21-/m0/s1. The number of carbonyl (C=O) groups excluding carboxylic acids is 1. The van der Waals surface area contributed by atoms with Crippen LogP contribution in [0.5, 0.6) is 0 Å². The van der Waals surface area contributed by atoms with Gasteiger partial charge in [-0.2, -0.15) is 0 Å². The number of amides is 1. The number of rotatable bonds is 6. The molecule has 2 atom stereocenters. The molecule has 150 valence electrons. The van der Waals surface area contributed by atoms with E-state index in [1.54, 1.807) is 28.8 Å². The number of benzene rings is 2. The summed E-state index contributed by atoms with van der Waals surface area (Å²) in [6, 6.07) is 10.00. The predicted octanol–water partition coefficient (Wildman–Crippen LogP) is 3.17. The van der Waals surface area contributed by atoms with Crippen LogP contribution in [0, 0.1) is 17.5 Å².